The molecule has 0 bridgehead atoms. The van der Waals surface area contributed by atoms with E-state index in [4.69, 9.17) is 4.74 Å². The van der Waals surface area contributed by atoms with Gasteiger partial charge in [0, 0.05) is 31.8 Å². The Labute approximate surface area is 130 Å². The molecule has 1 N–H and O–H groups in total. The summed E-state index contributed by atoms with van der Waals surface area (Å²) >= 11 is 0. The van der Waals surface area contributed by atoms with Gasteiger partial charge in [-0.3, -0.25) is 0 Å². The lowest BCUT2D eigenvalue weighted by Crippen LogP contribution is -2.19. The topological polar surface area (TPSA) is 77.8 Å². The second kappa shape index (κ2) is 6.39. The minimum atomic E-state index is 0.0454. The number of hydrogen-bond acceptors (Lipinski definition) is 6. The van der Waals surface area contributed by atoms with E-state index >= 15 is 0 Å². The van der Waals surface area contributed by atoms with E-state index < -0.39 is 0 Å². The Morgan fingerprint density at radius 1 is 1.32 bits per heavy atom. The summed E-state index contributed by atoms with van der Waals surface area (Å²) < 4.78 is 7.34. The molecule has 7 heteroatoms. The molecule has 0 amide bonds. The molecule has 0 aromatic carbocycles. The molecule has 1 atom stereocenters. The highest BCUT2D eigenvalue weighted by Crippen LogP contribution is 2.21. The van der Waals surface area contributed by atoms with Gasteiger partial charge >= 0.3 is 0 Å². The van der Waals surface area contributed by atoms with Crippen molar-refractivity contribution >= 4 is 5.82 Å². The van der Waals surface area contributed by atoms with Crippen LogP contribution in [0.1, 0.15) is 49.0 Å². The van der Waals surface area contributed by atoms with Crippen LogP contribution in [0.5, 0.6) is 0 Å². The zero-order valence-electron chi connectivity index (χ0n) is 13.3. The lowest BCUT2D eigenvalue weighted by Gasteiger charge is -2.19. The van der Waals surface area contributed by atoms with Crippen molar-refractivity contribution in [3.63, 3.8) is 0 Å². The van der Waals surface area contributed by atoms with Crippen molar-refractivity contribution in [1.29, 1.82) is 0 Å². The molecule has 118 valence electrons. The Morgan fingerprint density at radius 2 is 2.18 bits per heavy atom. The highest BCUT2D eigenvalue weighted by molar-refractivity contribution is 5.37. The average Bonchev–Trinajstić information content (AvgIpc) is 2.91. The smallest absolute Gasteiger partial charge is 0.156 e. The van der Waals surface area contributed by atoms with Crippen LogP contribution in [0.2, 0.25) is 0 Å². The maximum absolute atomic E-state index is 5.11. The SMILES string of the molecule is COCc1nc(C)cc(NC(C)c2nnc3n2CCCC3)n1. The van der Waals surface area contributed by atoms with Gasteiger partial charge in [0.25, 0.3) is 0 Å². The number of hydrogen-bond donors (Lipinski definition) is 1. The lowest BCUT2D eigenvalue weighted by molar-refractivity contribution is 0.177. The summed E-state index contributed by atoms with van der Waals surface area (Å²) in [4.78, 5) is 8.84. The van der Waals surface area contributed by atoms with E-state index in [2.05, 4.69) is 37.0 Å². The number of aryl methyl sites for hydroxylation is 2. The second-order valence-corrected chi connectivity index (χ2v) is 5.69. The molecule has 0 spiro atoms. The van der Waals surface area contributed by atoms with E-state index in [1.54, 1.807) is 7.11 Å². The van der Waals surface area contributed by atoms with Gasteiger partial charge < -0.3 is 14.6 Å². The molecule has 0 radical (unpaired) electrons. The van der Waals surface area contributed by atoms with Crippen LogP contribution >= 0.6 is 0 Å². The lowest BCUT2D eigenvalue weighted by atomic mass is 10.1. The summed E-state index contributed by atoms with van der Waals surface area (Å²) in [7, 11) is 1.64. The van der Waals surface area contributed by atoms with Gasteiger partial charge in [-0.25, -0.2) is 9.97 Å². The molecule has 7 nitrogen and oxygen atoms in total. The zero-order valence-corrected chi connectivity index (χ0v) is 13.3. The third-order valence-electron chi connectivity index (χ3n) is 3.81. The first-order chi connectivity index (χ1) is 10.7. The van der Waals surface area contributed by atoms with Crippen LogP contribution in [0, 0.1) is 6.92 Å². The summed E-state index contributed by atoms with van der Waals surface area (Å²) in [6.07, 6.45) is 3.41. The van der Waals surface area contributed by atoms with Crippen LogP contribution in [0.15, 0.2) is 6.07 Å². The van der Waals surface area contributed by atoms with Gasteiger partial charge in [0.05, 0.1) is 6.04 Å². The molecule has 0 saturated carbocycles. The number of ether oxygens (including phenoxy) is 1. The Bertz CT molecular complexity index is 653. The average molecular weight is 302 g/mol. The highest BCUT2D eigenvalue weighted by atomic mass is 16.5. The van der Waals surface area contributed by atoms with Gasteiger partial charge in [0.1, 0.15) is 18.2 Å². The number of fused-ring (bicyclic) bond motifs is 1. The van der Waals surface area contributed by atoms with Crippen LogP contribution in [0.25, 0.3) is 0 Å². The third-order valence-corrected chi connectivity index (χ3v) is 3.81. The number of rotatable bonds is 5. The van der Waals surface area contributed by atoms with Crippen molar-refractivity contribution < 1.29 is 4.74 Å². The van der Waals surface area contributed by atoms with Crippen molar-refractivity contribution in [2.45, 2.75) is 52.3 Å². The summed E-state index contributed by atoms with van der Waals surface area (Å²) in [5.74, 6) is 3.54. The van der Waals surface area contributed by atoms with Crippen LogP contribution < -0.4 is 5.32 Å². The number of aromatic nitrogens is 5. The summed E-state index contributed by atoms with van der Waals surface area (Å²) in [5.41, 5.74) is 0.917. The molecule has 0 saturated heterocycles. The fraction of sp³-hybridized carbons (Fsp3) is 0.600. The Morgan fingerprint density at radius 3 is 3.00 bits per heavy atom. The number of nitrogens with one attached hydrogen (secondary N) is 1. The molecule has 3 rings (SSSR count). The van der Waals surface area contributed by atoms with Gasteiger partial charge in [-0.2, -0.15) is 0 Å². The third kappa shape index (κ3) is 3.09. The molecule has 0 aliphatic carbocycles. The quantitative estimate of drug-likeness (QED) is 0.910. The maximum Gasteiger partial charge on any atom is 0.156 e. The minimum absolute atomic E-state index is 0.0454. The van der Waals surface area contributed by atoms with Gasteiger partial charge in [-0.05, 0) is 26.7 Å². The van der Waals surface area contributed by atoms with Crippen molar-refractivity contribution in [1.82, 2.24) is 24.7 Å². The van der Waals surface area contributed by atoms with Gasteiger partial charge in [0.2, 0.25) is 0 Å². The zero-order chi connectivity index (χ0) is 15.5. The van der Waals surface area contributed by atoms with Crippen molar-refractivity contribution in [2.24, 2.45) is 0 Å². The first-order valence-corrected chi connectivity index (χ1v) is 7.69. The second-order valence-electron chi connectivity index (χ2n) is 5.69. The van der Waals surface area contributed by atoms with E-state index in [-0.39, 0.29) is 6.04 Å². The summed E-state index contributed by atoms with van der Waals surface area (Å²) in [5, 5.41) is 12.1. The predicted molar refractivity (Wildman–Crippen MR) is 82.5 cm³/mol. The van der Waals surface area contributed by atoms with Gasteiger partial charge in [0.15, 0.2) is 11.6 Å². The minimum Gasteiger partial charge on any atom is -0.377 e. The van der Waals surface area contributed by atoms with Crippen LogP contribution in [0.4, 0.5) is 5.82 Å². The molecule has 1 aliphatic rings. The monoisotopic (exact) mass is 302 g/mol. The van der Waals surface area contributed by atoms with Crippen molar-refractivity contribution in [2.75, 3.05) is 12.4 Å². The maximum atomic E-state index is 5.11. The summed E-state index contributed by atoms with van der Waals surface area (Å²) in [6.45, 7) is 5.45. The molecule has 2 aromatic rings. The Kier molecular flexibility index (Phi) is 4.33. The van der Waals surface area contributed by atoms with E-state index in [1.165, 1.54) is 12.8 Å². The molecule has 22 heavy (non-hydrogen) atoms. The normalized spacial score (nSPS) is 15.4. The number of methoxy groups -OCH3 is 1. The van der Waals surface area contributed by atoms with E-state index in [0.717, 1.165) is 36.1 Å². The van der Waals surface area contributed by atoms with Gasteiger partial charge in [-0.1, -0.05) is 0 Å². The van der Waals surface area contributed by atoms with Gasteiger partial charge in [-0.15, -0.1) is 10.2 Å². The largest absolute Gasteiger partial charge is 0.377 e. The highest BCUT2D eigenvalue weighted by Gasteiger charge is 2.20. The molecule has 0 fully saturated rings. The van der Waals surface area contributed by atoms with Crippen LogP contribution in [0.3, 0.4) is 0 Å². The van der Waals surface area contributed by atoms with Crippen molar-refractivity contribution in [3.8, 4) is 0 Å². The van der Waals surface area contributed by atoms with Crippen LogP contribution in [-0.4, -0.2) is 31.8 Å². The first-order valence-electron chi connectivity index (χ1n) is 7.69. The first kappa shape index (κ1) is 14.9. The van der Waals surface area contributed by atoms with E-state index in [1.807, 2.05) is 13.0 Å². The predicted octanol–water partition coefficient (Wildman–Crippen LogP) is 2.03. The molecular weight excluding hydrogens is 280 g/mol. The van der Waals surface area contributed by atoms with Crippen LogP contribution in [-0.2, 0) is 24.3 Å². The standard InChI is InChI=1S/C15H22N6O/c1-10-8-12(18-13(16-10)9-22-3)17-11(2)15-20-19-14-6-4-5-7-21(14)15/h8,11H,4-7,9H2,1-3H3,(H,16,17,18). The number of nitrogens with zero attached hydrogens (tertiary/aromatic N) is 5. The molecule has 2 aromatic heterocycles. The fourth-order valence-electron chi connectivity index (χ4n) is 2.84. The van der Waals surface area contributed by atoms with E-state index in [0.29, 0.717) is 12.4 Å². The Balaban J connectivity index is 1.79. The molecule has 1 aliphatic heterocycles. The molecule has 1 unspecified atom stereocenters. The van der Waals surface area contributed by atoms with E-state index in [9.17, 15) is 0 Å². The summed E-state index contributed by atoms with van der Waals surface area (Å²) in [6, 6.07) is 1.98. The van der Waals surface area contributed by atoms with Crippen molar-refractivity contribution in [3.05, 3.63) is 29.2 Å². The fourth-order valence-corrected chi connectivity index (χ4v) is 2.84. The molecular formula is C15H22N6O. The Hall–Kier alpha value is -2.02. The number of anilines is 1. The molecule has 3 heterocycles.